The second-order valence-corrected chi connectivity index (χ2v) is 7.16. The van der Waals surface area contributed by atoms with Crippen LogP contribution in [0.4, 0.5) is 5.69 Å². The molecule has 3 rings (SSSR count). The lowest BCUT2D eigenvalue weighted by atomic mass is 10.1. The third kappa shape index (κ3) is 4.45. The molecule has 0 spiro atoms. The van der Waals surface area contributed by atoms with Gasteiger partial charge in [0.25, 0.3) is 5.69 Å². The van der Waals surface area contributed by atoms with Gasteiger partial charge in [-0.15, -0.1) is 0 Å². The van der Waals surface area contributed by atoms with E-state index in [9.17, 15) is 14.9 Å². The van der Waals surface area contributed by atoms with Gasteiger partial charge < -0.3 is 9.40 Å². The molecule has 0 radical (unpaired) electrons. The van der Waals surface area contributed by atoms with Gasteiger partial charge >= 0.3 is 5.97 Å². The molecule has 0 unspecified atom stereocenters. The van der Waals surface area contributed by atoms with Gasteiger partial charge in [0, 0.05) is 47.4 Å². The van der Waals surface area contributed by atoms with Crippen molar-refractivity contribution < 1.29 is 14.6 Å². The summed E-state index contributed by atoms with van der Waals surface area (Å²) in [6.45, 7) is 6.10. The molecule has 0 saturated carbocycles. The van der Waals surface area contributed by atoms with Crippen molar-refractivity contribution >= 4 is 39.2 Å². The van der Waals surface area contributed by atoms with Gasteiger partial charge in [0.2, 0.25) is 0 Å². The van der Waals surface area contributed by atoms with Crippen molar-refractivity contribution in [1.29, 1.82) is 0 Å². The Balaban J connectivity index is 2.12. The fourth-order valence-electron chi connectivity index (χ4n) is 3.55. The Bertz CT molecular complexity index is 1100. The van der Waals surface area contributed by atoms with Crippen molar-refractivity contribution in [2.75, 3.05) is 0 Å². The lowest BCUT2D eigenvalue weighted by Gasteiger charge is -2.08. The SMILES string of the molecule is CCCCCCn1c2ccc(C(C)=NOC(C)=O)cc2c2cc([N+](=O)[O-])ccc21. The smallest absolute Gasteiger partial charge is 0.331 e. The van der Waals surface area contributed by atoms with Crippen molar-refractivity contribution in [3.8, 4) is 0 Å². The fourth-order valence-corrected chi connectivity index (χ4v) is 3.55. The standard InChI is InChI=1S/C22H25N3O4/c1-4-5-6-7-12-24-21-10-8-17(15(2)23-29-16(3)26)13-19(21)20-14-18(25(27)28)9-11-22(20)24/h8-11,13-14H,4-7,12H2,1-3H3. The Hall–Kier alpha value is -3.22. The summed E-state index contributed by atoms with van der Waals surface area (Å²) < 4.78 is 2.23. The number of fused-ring (bicyclic) bond motifs is 3. The van der Waals surface area contributed by atoms with Crippen LogP contribution in [0.3, 0.4) is 0 Å². The lowest BCUT2D eigenvalue weighted by Crippen LogP contribution is -2.00. The molecule has 0 aliphatic rings. The summed E-state index contributed by atoms with van der Waals surface area (Å²) in [7, 11) is 0. The molecule has 0 atom stereocenters. The van der Waals surface area contributed by atoms with Crippen molar-refractivity contribution in [2.24, 2.45) is 5.16 Å². The monoisotopic (exact) mass is 395 g/mol. The molecule has 1 heterocycles. The molecule has 3 aromatic rings. The van der Waals surface area contributed by atoms with Crippen LogP contribution in [0.25, 0.3) is 21.8 Å². The molecule has 0 bridgehead atoms. The number of oxime groups is 1. The van der Waals surface area contributed by atoms with Crippen molar-refractivity contribution in [3.63, 3.8) is 0 Å². The van der Waals surface area contributed by atoms with Crippen LogP contribution in [0.5, 0.6) is 0 Å². The number of non-ortho nitro benzene ring substituents is 1. The first-order valence-electron chi connectivity index (χ1n) is 9.85. The molecular weight excluding hydrogens is 370 g/mol. The molecular formula is C22H25N3O4. The number of carbonyl (C=O) groups excluding carboxylic acids is 1. The fraction of sp³-hybridized carbons (Fsp3) is 0.364. The second kappa shape index (κ2) is 8.86. The number of aromatic nitrogens is 1. The highest BCUT2D eigenvalue weighted by Gasteiger charge is 2.15. The van der Waals surface area contributed by atoms with Crippen LogP contribution in [-0.4, -0.2) is 21.2 Å². The minimum absolute atomic E-state index is 0.0678. The number of aryl methyl sites for hydroxylation is 1. The maximum atomic E-state index is 11.3. The zero-order valence-electron chi connectivity index (χ0n) is 17.0. The van der Waals surface area contributed by atoms with Gasteiger partial charge in [-0.25, -0.2) is 4.79 Å². The Kier molecular flexibility index (Phi) is 6.26. The van der Waals surface area contributed by atoms with Gasteiger partial charge in [-0.2, -0.15) is 0 Å². The number of hydrogen-bond donors (Lipinski definition) is 0. The average molecular weight is 395 g/mol. The van der Waals surface area contributed by atoms with E-state index in [1.165, 1.54) is 19.8 Å². The molecule has 0 amide bonds. The predicted molar refractivity (Wildman–Crippen MR) is 114 cm³/mol. The van der Waals surface area contributed by atoms with Crippen LogP contribution in [0.2, 0.25) is 0 Å². The number of hydrogen-bond acceptors (Lipinski definition) is 5. The summed E-state index contributed by atoms with van der Waals surface area (Å²) in [6, 6.07) is 10.9. The molecule has 29 heavy (non-hydrogen) atoms. The number of carbonyl (C=O) groups is 1. The molecule has 0 aliphatic heterocycles. The molecule has 7 heteroatoms. The van der Waals surface area contributed by atoms with Gasteiger partial charge in [0.05, 0.1) is 10.6 Å². The molecule has 0 saturated heterocycles. The van der Waals surface area contributed by atoms with Crippen LogP contribution >= 0.6 is 0 Å². The molecule has 1 aromatic heterocycles. The number of nitrogens with zero attached hydrogens (tertiary/aromatic N) is 3. The first kappa shape index (κ1) is 20.5. The number of benzene rings is 2. The Labute approximate surface area is 169 Å². The second-order valence-electron chi connectivity index (χ2n) is 7.16. The minimum Gasteiger partial charge on any atom is -0.340 e. The van der Waals surface area contributed by atoms with Crippen molar-refractivity contribution in [1.82, 2.24) is 4.57 Å². The highest BCUT2D eigenvalue weighted by molar-refractivity contribution is 6.12. The maximum Gasteiger partial charge on any atom is 0.331 e. The Morgan fingerprint density at radius 3 is 2.41 bits per heavy atom. The molecule has 0 N–H and O–H groups in total. The number of nitro groups is 1. The summed E-state index contributed by atoms with van der Waals surface area (Å²) in [5.41, 5.74) is 3.44. The van der Waals surface area contributed by atoms with E-state index >= 15 is 0 Å². The van der Waals surface area contributed by atoms with Gasteiger partial charge in [-0.1, -0.05) is 37.4 Å². The topological polar surface area (TPSA) is 86.7 Å². The van der Waals surface area contributed by atoms with Crippen LogP contribution in [-0.2, 0) is 16.2 Å². The first-order valence-corrected chi connectivity index (χ1v) is 9.85. The predicted octanol–water partition coefficient (Wildman–Crippen LogP) is 5.57. The van der Waals surface area contributed by atoms with E-state index in [2.05, 4.69) is 16.6 Å². The quantitative estimate of drug-likeness (QED) is 0.164. The zero-order chi connectivity index (χ0) is 21.0. The minimum atomic E-state index is -0.482. The van der Waals surface area contributed by atoms with E-state index in [-0.39, 0.29) is 10.6 Å². The van der Waals surface area contributed by atoms with Crippen LogP contribution in [0, 0.1) is 10.1 Å². The average Bonchev–Trinajstić information content (AvgIpc) is 3.01. The summed E-state index contributed by atoms with van der Waals surface area (Å²) in [4.78, 5) is 26.7. The first-order chi connectivity index (χ1) is 13.9. The van der Waals surface area contributed by atoms with E-state index in [4.69, 9.17) is 4.84 Å². The molecule has 0 aliphatic carbocycles. The summed E-state index contributed by atoms with van der Waals surface area (Å²) >= 11 is 0. The van der Waals surface area contributed by atoms with E-state index < -0.39 is 5.97 Å². The zero-order valence-corrected chi connectivity index (χ0v) is 17.0. The lowest BCUT2D eigenvalue weighted by molar-refractivity contribution is -0.384. The van der Waals surface area contributed by atoms with Gasteiger partial charge in [0.1, 0.15) is 0 Å². The Morgan fingerprint density at radius 1 is 1.07 bits per heavy atom. The molecule has 7 nitrogen and oxygen atoms in total. The third-order valence-corrected chi connectivity index (χ3v) is 5.02. The van der Waals surface area contributed by atoms with E-state index in [1.54, 1.807) is 19.1 Å². The maximum absolute atomic E-state index is 11.3. The van der Waals surface area contributed by atoms with Gasteiger partial charge in [0.15, 0.2) is 0 Å². The third-order valence-electron chi connectivity index (χ3n) is 5.02. The van der Waals surface area contributed by atoms with E-state index in [0.29, 0.717) is 5.71 Å². The van der Waals surface area contributed by atoms with Crippen LogP contribution in [0.1, 0.15) is 52.0 Å². The van der Waals surface area contributed by atoms with Gasteiger partial charge in [-0.05, 0) is 37.1 Å². The number of unbranched alkanes of at least 4 members (excludes halogenated alkanes) is 3. The van der Waals surface area contributed by atoms with Gasteiger partial charge in [-0.3, -0.25) is 10.1 Å². The summed E-state index contributed by atoms with van der Waals surface area (Å²) in [5.74, 6) is -0.482. The van der Waals surface area contributed by atoms with Crippen molar-refractivity contribution in [3.05, 3.63) is 52.1 Å². The highest BCUT2D eigenvalue weighted by atomic mass is 16.7. The summed E-state index contributed by atoms with van der Waals surface area (Å²) in [6.07, 6.45) is 4.57. The molecule has 152 valence electrons. The van der Waals surface area contributed by atoms with Crippen molar-refractivity contribution in [2.45, 2.75) is 53.0 Å². The van der Waals surface area contributed by atoms with E-state index in [0.717, 1.165) is 46.8 Å². The number of nitro benzene ring substituents is 1. The largest absolute Gasteiger partial charge is 0.340 e. The molecule has 2 aromatic carbocycles. The van der Waals surface area contributed by atoms with Crippen LogP contribution in [0.15, 0.2) is 41.6 Å². The Morgan fingerprint density at radius 2 is 1.76 bits per heavy atom. The molecule has 0 fully saturated rings. The highest BCUT2D eigenvalue weighted by Crippen LogP contribution is 2.33. The van der Waals surface area contributed by atoms with Crippen LogP contribution < -0.4 is 0 Å². The normalized spacial score (nSPS) is 11.9. The number of rotatable bonds is 8. The summed E-state index contributed by atoms with van der Waals surface area (Å²) in [5, 5.41) is 16.9. The van der Waals surface area contributed by atoms with E-state index in [1.807, 2.05) is 24.3 Å².